The zero-order valence-corrected chi connectivity index (χ0v) is 13.0. The van der Waals surface area contributed by atoms with Gasteiger partial charge in [0.15, 0.2) is 0 Å². The molecule has 0 amide bonds. The van der Waals surface area contributed by atoms with Crippen LogP contribution in [0.1, 0.15) is 42.3 Å². The summed E-state index contributed by atoms with van der Waals surface area (Å²) in [6, 6.07) is 11.6. The van der Waals surface area contributed by atoms with Crippen molar-refractivity contribution in [3.05, 3.63) is 59.2 Å². The second-order valence-electron chi connectivity index (χ2n) is 6.22. The standard InChI is InChI=1S/C18H20O4/c1-18(2,3)13-6-4-12(5-7-13)11-22-17(21)15-9-8-14(19)10-16(15)20/h4-10,19-20H,11H2,1-3H3. The molecule has 22 heavy (non-hydrogen) atoms. The first-order valence-corrected chi connectivity index (χ1v) is 7.06. The molecule has 2 aromatic carbocycles. The van der Waals surface area contributed by atoms with Gasteiger partial charge >= 0.3 is 5.97 Å². The summed E-state index contributed by atoms with van der Waals surface area (Å²) < 4.78 is 5.18. The van der Waals surface area contributed by atoms with Gasteiger partial charge < -0.3 is 14.9 Å². The average Bonchev–Trinajstić information content (AvgIpc) is 2.44. The van der Waals surface area contributed by atoms with E-state index in [0.29, 0.717) is 0 Å². The number of hydrogen-bond acceptors (Lipinski definition) is 4. The number of rotatable bonds is 3. The van der Waals surface area contributed by atoms with Gasteiger partial charge in [-0.1, -0.05) is 45.0 Å². The van der Waals surface area contributed by atoms with Gasteiger partial charge in [-0.25, -0.2) is 4.79 Å². The number of carbonyl (C=O) groups excluding carboxylic acids is 1. The Labute approximate surface area is 130 Å². The first-order valence-electron chi connectivity index (χ1n) is 7.06. The molecule has 0 fully saturated rings. The topological polar surface area (TPSA) is 66.8 Å². The van der Waals surface area contributed by atoms with Crippen molar-refractivity contribution in [2.75, 3.05) is 0 Å². The Hall–Kier alpha value is -2.49. The SMILES string of the molecule is CC(C)(C)c1ccc(COC(=O)c2ccc(O)cc2O)cc1. The van der Waals surface area contributed by atoms with E-state index in [1.807, 2.05) is 24.3 Å². The fraction of sp³-hybridized carbons (Fsp3) is 0.278. The lowest BCUT2D eigenvalue weighted by molar-refractivity contribution is 0.0469. The van der Waals surface area contributed by atoms with Crippen molar-refractivity contribution in [1.82, 2.24) is 0 Å². The minimum atomic E-state index is -0.627. The predicted molar refractivity (Wildman–Crippen MR) is 84.0 cm³/mol. The zero-order chi connectivity index (χ0) is 16.3. The third-order valence-electron chi connectivity index (χ3n) is 3.39. The summed E-state index contributed by atoms with van der Waals surface area (Å²) in [6.07, 6.45) is 0. The first-order chi connectivity index (χ1) is 10.3. The van der Waals surface area contributed by atoms with Crippen LogP contribution in [-0.4, -0.2) is 16.2 Å². The summed E-state index contributed by atoms with van der Waals surface area (Å²) in [6.45, 7) is 6.53. The maximum atomic E-state index is 11.9. The Balaban J connectivity index is 2.02. The largest absolute Gasteiger partial charge is 0.508 e. The summed E-state index contributed by atoms with van der Waals surface area (Å²) >= 11 is 0. The van der Waals surface area contributed by atoms with Crippen LogP contribution in [0.3, 0.4) is 0 Å². The van der Waals surface area contributed by atoms with Gasteiger partial charge in [0.05, 0.1) is 0 Å². The Morgan fingerprint density at radius 1 is 1.05 bits per heavy atom. The highest BCUT2D eigenvalue weighted by Gasteiger charge is 2.15. The highest BCUT2D eigenvalue weighted by Crippen LogP contribution is 2.24. The highest BCUT2D eigenvalue weighted by molar-refractivity contribution is 5.92. The van der Waals surface area contributed by atoms with Crippen LogP contribution in [0.25, 0.3) is 0 Å². The smallest absolute Gasteiger partial charge is 0.342 e. The molecule has 0 radical (unpaired) electrons. The van der Waals surface area contributed by atoms with Gasteiger partial charge in [-0.05, 0) is 28.7 Å². The highest BCUT2D eigenvalue weighted by atomic mass is 16.5. The number of esters is 1. The fourth-order valence-corrected chi connectivity index (χ4v) is 2.02. The number of phenols is 2. The Morgan fingerprint density at radius 3 is 2.23 bits per heavy atom. The van der Waals surface area contributed by atoms with Crippen molar-refractivity contribution in [2.45, 2.75) is 32.8 Å². The lowest BCUT2D eigenvalue weighted by Gasteiger charge is -2.19. The van der Waals surface area contributed by atoms with E-state index in [4.69, 9.17) is 4.74 Å². The van der Waals surface area contributed by atoms with Crippen molar-refractivity contribution >= 4 is 5.97 Å². The van der Waals surface area contributed by atoms with Crippen LogP contribution in [-0.2, 0) is 16.8 Å². The van der Waals surface area contributed by atoms with E-state index >= 15 is 0 Å². The third kappa shape index (κ3) is 3.79. The summed E-state index contributed by atoms with van der Waals surface area (Å²) in [4.78, 5) is 11.9. The quantitative estimate of drug-likeness (QED) is 0.847. The minimum absolute atomic E-state index is 0.0316. The van der Waals surface area contributed by atoms with Crippen LogP contribution < -0.4 is 0 Å². The summed E-state index contributed by atoms with van der Waals surface area (Å²) in [5.41, 5.74) is 2.19. The summed E-state index contributed by atoms with van der Waals surface area (Å²) in [5, 5.41) is 18.8. The molecule has 0 aliphatic heterocycles. The monoisotopic (exact) mass is 300 g/mol. The van der Waals surface area contributed by atoms with Gasteiger partial charge in [-0.15, -0.1) is 0 Å². The molecule has 0 saturated carbocycles. The third-order valence-corrected chi connectivity index (χ3v) is 3.39. The van der Waals surface area contributed by atoms with Gasteiger partial charge in [0, 0.05) is 6.07 Å². The normalized spacial score (nSPS) is 11.2. The second-order valence-corrected chi connectivity index (χ2v) is 6.22. The molecule has 2 rings (SSSR count). The lowest BCUT2D eigenvalue weighted by Crippen LogP contribution is -2.11. The number of benzene rings is 2. The molecule has 2 aromatic rings. The predicted octanol–water partition coefficient (Wildman–Crippen LogP) is 3.75. The molecule has 0 unspecified atom stereocenters. The van der Waals surface area contributed by atoms with E-state index in [0.717, 1.165) is 11.6 Å². The van der Waals surface area contributed by atoms with Crippen LogP contribution in [0.2, 0.25) is 0 Å². The molecule has 0 aromatic heterocycles. The van der Waals surface area contributed by atoms with Gasteiger partial charge in [0.1, 0.15) is 23.7 Å². The summed E-state index contributed by atoms with van der Waals surface area (Å²) in [7, 11) is 0. The molecule has 4 heteroatoms. The van der Waals surface area contributed by atoms with Gasteiger partial charge in [-0.2, -0.15) is 0 Å². The van der Waals surface area contributed by atoms with E-state index < -0.39 is 5.97 Å². The number of hydrogen-bond donors (Lipinski definition) is 2. The second kappa shape index (κ2) is 6.10. The van der Waals surface area contributed by atoms with Gasteiger partial charge in [0.2, 0.25) is 0 Å². The van der Waals surface area contributed by atoms with E-state index in [2.05, 4.69) is 20.8 Å². The Kier molecular flexibility index (Phi) is 4.40. The molecule has 0 heterocycles. The number of phenolic OH excluding ortho intramolecular Hbond substituents is 2. The Bertz CT molecular complexity index is 666. The molecular weight excluding hydrogens is 280 g/mol. The summed E-state index contributed by atoms with van der Waals surface area (Å²) in [5.74, 6) is -1.03. The van der Waals surface area contributed by atoms with E-state index in [1.54, 1.807) is 0 Å². The molecule has 0 bridgehead atoms. The fourth-order valence-electron chi connectivity index (χ4n) is 2.02. The first kappa shape index (κ1) is 15.9. The van der Waals surface area contributed by atoms with Crippen molar-refractivity contribution in [1.29, 1.82) is 0 Å². The zero-order valence-electron chi connectivity index (χ0n) is 13.0. The van der Waals surface area contributed by atoms with Crippen molar-refractivity contribution in [2.24, 2.45) is 0 Å². The van der Waals surface area contributed by atoms with Crippen LogP contribution in [0.4, 0.5) is 0 Å². The number of carbonyl (C=O) groups is 1. The number of ether oxygens (including phenoxy) is 1. The maximum absolute atomic E-state index is 11.9. The maximum Gasteiger partial charge on any atom is 0.342 e. The van der Waals surface area contributed by atoms with Crippen molar-refractivity contribution in [3.8, 4) is 11.5 Å². The molecule has 116 valence electrons. The van der Waals surface area contributed by atoms with Crippen LogP contribution >= 0.6 is 0 Å². The minimum Gasteiger partial charge on any atom is -0.508 e. The molecule has 0 aliphatic rings. The van der Waals surface area contributed by atoms with E-state index in [-0.39, 0.29) is 29.1 Å². The average molecular weight is 300 g/mol. The molecule has 0 spiro atoms. The van der Waals surface area contributed by atoms with E-state index in [9.17, 15) is 15.0 Å². The van der Waals surface area contributed by atoms with Gasteiger partial charge in [0.25, 0.3) is 0 Å². The lowest BCUT2D eigenvalue weighted by atomic mass is 9.87. The van der Waals surface area contributed by atoms with Crippen LogP contribution in [0, 0.1) is 0 Å². The molecule has 0 saturated heterocycles. The molecular formula is C18H20O4. The van der Waals surface area contributed by atoms with Crippen LogP contribution in [0.15, 0.2) is 42.5 Å². The molecule has 0 aliphatic carbocycles. The van der Waals surface area contributed by atoms with E-state index in [1.165, 1.54) is 17.7 Å². The van der Waals surface area contributed by atoms with Crippen LogP contribution in [0.5, 0.6) is 11.5 Å². The molecule has 2 N–H and O–H groups in total. The molecule has 0 atom stereocenters. The molecule has 4 nitrogen and oxygen atoms in total. The van der Waals surface area contributed by atoms with Gasteiger partial charge in [-0.3, -0.25) is 0 Å². The number of aromatic hydroxyl groups is 2. The van der Waals surface area contributed by atoms with Crippen molar-refractivity contribution < 1.29 is 19.7 Å². The Morgan fingerprint density at radius 2 is 1.68 bits per heavy atom. The van der Waals surface area contributed by atoms with Crippen molar-refractivity contribution in [3.63, 3.8) is 0 Å².